The molecular weight excluding hydrogens is 268 g/mol. The molecule has 21 heavy (non-hydrogen) atoms. The van der Waals surface area contributed by atoms with E-state index < -0.39 is 0 Å². The first kappa shape index (κ1) is 14.9. The summed E-state index contributed by atoms with van der Waals surface area (Å²) in [5, 5.41) is 0. The molecule has 3 rings (SSSR count). The Kier molecular flexibility index (Phi) is 3.98. The predicted octanol–water partition coefficient (Wildman–Crippen LogP) is 2.80. The van der Waals surface area contributed by atoms with Crippen LogP contribution >= 0.6 is 0 Å². The van der Waals surface area contributed by atoms with Gasteiger partial charge in [0.1, 0.15) is 6.10 Å². The van der Waals surface area contributed by atoms with E-state index in [0.29, 0.717) is 18.9 Å². The predicted molar refractivity (Wildman–Crippen MR) is 77.3 cm³/mol. The maximum Gasteiger partial charge on any atom is 0.312 e. The van der Waals surface area contributed by atoms with E-state index in [0.717, 1.165) is 30.1 Å². The minimum absolute atomic E-state index is 0.189. The summed E-state index contributed by atoms with van der Waals surface area (Å²) in [5.74, 6) is 3.00. The van der Waals surface area contributed by atoms with E-state index in [1.54, 1.807) is 0 Å². The van der Waals surface area contributed by atoms with Crippen molar-refractivity contribution in [3.63, 3.8) is 0 Å². The van der Waals surface area contributed by atoms with E-state index in [-0.39, 0.29) is 24.0 Å². The van der Waals surface area contributed by atoms with Crippen molar-refractivity contribution >= 4 is 11.9 Å². The highest BCUT2D eigenvalue weighted by atomic mass is 16.6. The minimum Gasteiger partial charge on any atom is -0.465 e. The highest BCUT2D eigenvalue weighted by Gasteiger charge is 2.50. The average Bonchev–Trinajstić information content (AvgIpc) is 3.07. The van der Waals surface area contributed by atoms with E-state index in [1.807, 2.05) is 0 Å². The average molecular weight is 294 g/mol. The number of rotatable bonds is 4. The molecule has 0 radical (unpaired) electrons. The highest BCUT2D eigenvalue weighted by molar-refractivity contribution is 5.75. The van der Waals surface area contributed by atoms with E-state index in [4.69, 9.17) is 9.47 Å². The lowest BCUT2D eigenvalue weighted by molar-refractivity contribution is -0.156. The van der Waals surface area contributed by atoms with Crippen molar-refractivity contribution in [3.8, 4) is 0 Å². The summed E-state index contributed by atoms with van der Waals surface area (Å²) in [7, 11) is 0. The fraction of sp³-hybridized carbons (Fsp3) is 0.882. The van der Waals surface area contributed by atoms with Crippen LogP contribution < -0.4 is 0 Å². The van der Waals surface area contributed by atoms with Gasteiger partial charge in [0.05, 0.1) is 12.5 Å². The zero-order valence-corrected chi connectivity index (χ0v) is 13.2. The third kappa shape index (κ3) is 2.69. The molecule has 7 unspecified atom stereocenters. The van der Waals surface area contributed by atoms with Gasteiger partial charge in [-0.3, -0.25) is 9.59 Å². The third-order valence-electron chi connectivity index (χ3n) is 6.31. The van der Waals surface area contributed by atoms with Gasteiger partial charge >= 0.3 is 11.9 Å². The zero-order valence-electron chi connectivity index (χ0n) is 13.2. The summed E-state index contributed by atoms with van der Waals surface area (Å²) >= 11 is 0. The van der Waals surface area contributed by atoms with Crippen LogP contribution in [0.25, 0.3) is 0 Å². The van der Waals surface area contributed by atoms with Crippen molar-refractivity contribution in [2.24, 2.45) is 35.5 Å². The molecule has 3 fully saturated rings. The number of carbonyl (C=O) groups is 2. The molecule has 0 N–H and O–H groups in total. The van der Waals surface area contributed by atoms with Gasteiger partial charge in [0.25, 0.3) is 0 Å². The van der Waals surface area contributed by atoms with Crippen molar-refractivity contribution < 1.29 is 19.1 Å². The fourth-order valence-electron chi connectivity index (χ4n) is 5.02. The lowest BCUT2D eigenvalue weighted by atomic mass is 9.73. The second-order valence-electron chi connectivity index (χ2n) is 7.32. The molecule has 4 nitrogen and oxygen atoms in total. The van der Waals surface area contributed by atoms with Crippen LogP contribution in [0.15, 0.2) is 0 Å². The Morgan fingerprint density at radius 3 is 2.62 bits per heavy atom. The van der Waals surface area contributed by atoms with Crippen molar-refractivity contribution in [2.75, 3.05) is 6.61 Å². The standard InChI is InChI=1S/C17H26O4/c1-9-10(2)15-7-12(9)6-13(15)8-16(21-11(3)18)14-4-5-20-17(14)19/h9-10,12-16H,4-8H2,1-3H3. The Balaban J connectivity index is 1.68. The second-order valence-corrected chi connectivity index (χ2v) is 7.32. The van der Waals surface area contributed by atoms with Crippen molar-refractivity contribution in [1.82, 2.24) is 0 Å². The molecule has 4 heteroatoms. The first-order valence-corrected chi connectivity index (χ1v) is 8.31. The molecule has 7 atom stereocenters. The Morgan fingerprint density at radius 1 is 1.33 bits per heavy atom. The van der Waals surface area contributed by atoms with Crippen LogP contribution in [0.2, 0.25) is 0 Å². The number of carbonyl (C=O) groups excluding carboxylic acids is 2. The second kappa shape index (κ2) is 5.62. The van der Waals surface area contributed by atoms with E-state index in [9.17, 15) is 9.59 Å². The highest BCUT2D eigenvalue weighted by Crippen LogP contribution is 2.56. The third-order valence-corrected chi connectivity index (χ3v) is 6.31. The molecule has 2 bridgehead atoms. The van der Waals surface area contributed by atoms with E-state index in [2.05, 4.69) is 13.8 Å². The van der Waals surface area contributed by atoms with Crippen LogP contribution in [0.4, 0.5) is 0 Å². The zero-order chi connectivity index (χ0) is 15.1. The van der Waals surface area contributed by atoms with Gasteiger partial charge in [0.2, 0.25) is 0 Å². The molecule has 0 spiro atoms. The molecule has 1 aliphatic heterocycles. The normalized spacial score (nSPS) is 42.9. The summed E-state index contributed by atoms with van der Waals surface area (Å²) in [6, 6.07) is 0. The molecular formula is C17H26O4. The summed E-state index contributed by atoms with van der Waals surface area (Å²) in [5.41, 5.74) is 0. The number of esters is 2. The molecule has 2 aliphatic carbocycles. The Bertz CT molecular complexity index is 431. The van der Waals surface area contributed by atoms with Gasteiger partial charge in [-0.2, -0.15) is 0 Å². The number of ether oxygens (including phenoxy) is 2. The smallest absolute Gasteiger partial charge is 0.312 e. The van der Waals surface area contributed by atoms with E-state index in [1.165, 1.54) is 19.8 Å². The molecule has 3 aliphatic rings. The van der Waals surface area contributed by atoms with Gasteiger partial charge < -0.3 is 9.47 Å². The topological polar surface area (TPSA) is 52.6 Å². The molecule has 1 heterocycles. The number of cyclic esters (lactones) is 1. The Hall–Kier alpha value is -1.06. The van der Waals surface area contributed by atoms with Crippen molar-refractivity contribution in [2.45, 2.75) is 52.6 Å². The summed E-state index contributed by atoms with van der Waals surface area (Å²) in [6.45, 7) is 6.61. The van der Waals surface area contributed by atoms with Crippen LogP contribution in [-0.2, 0) is 19.1 Å². The minimum atomic E-state index is -0.288. The molecule has 0 aromatic heterocycles. The molecule has 0 aromatic carbocycles. The van der Waals surface area contributed by atoms with Crippen molar-refractivity contribution in [1.29, 1.82) is 0 Å². The van der Waals surface area contributed by atoms with Crippen LogP contribution in [-0.4, -0.2) is 24.6 Å². The lowest BCUT2D eigenvalue weighted by Crippen LogP contribution is -2.34. The quantitative estimate of drug-likeness (QED) is 0.748. The first-order valence-electron chi connectivity index (χ1n) is 8.31. The van der Waals surface area contributed by atoms with E-state index >= 15 is 0 Å². The molecule has 2 saturated carbocycles. The summed E-state index contributed by atoms with van der Waals surface area (Å²) in [4.78, 5) is 23.2. The number of hydrogen-bond acceptors (Lipinski definition) is 4. The SMILES string of the molecule is CC(=O)OC(CC1CC2CC1C(C)C2C)C1CCOC1=O. The first-order chi connectivity index (χ1) is 9.97. The molecule has 0 aromatic rings. The Labute approximate surface area is 126 Å². The van der Waals surface area contributed by atoms with Gasteiger partial charge in [-0.25, -0.2) is 0 Å². The molecule has 1 saturated heterocycles. The number of fused-ring (bicyclic) bond motifs is 2. The van der Waals surface area contributed by atoms with Crippen molar-refractivity contribution in [3.05, 3.63) is 0 Å². The monoisotopic (exact) mass is 294 g/mol. The van der Waals surface area contributed by atoms with Gasteiger partial charge in [-0.15, -0.1) is 0 Å². The maximum absolute atomic E-state index is 11.8. The summed E-state index contributed by atoms with van der Waals surface area (Å²) in [6.07, 6.45) is 3.77. The fourth-order valence-corrected chi connectivity index (χ4v) is 5.02. The maximum atomic E-state index is 11.8. The number of hydrogen-bond donors (Lipinski definition) is 0. The Morgan fingerprint density at radius 2 is 2.10 bits per heavy atom. The molecule has 118 valence electrons. The van der Waals surface area contributed by atoms with Crippen LogP contribution in [0.5, 0.6) is 0 Å². The lowest BCUT2D eigenvalue weighted by Gasteiger charge is -2.34. The summed E-state index contributed by atoms with van der Waals surface area (Å²) < 4.78 is 10.6. The van der Waals surface area contributed by atoms with Gasteiger partial charge in [0.15, 0.2) is 0 Å². The van der Waals surface area contributed by atoms with Gasteiger partial charge in [0, 0.05) is 6.92 Å². The van der Waals surface area contributed by atoms with Crippen LogP contribution in [0.3, 0.4) is 0 Å². The van der Waals surface area contributed by atoms with Gasteiger partial charge in [-0.05, 0) is 55.3 Å². The van der Waals surface area contributed by atoms with Crippen LogP contribution in [0.1, 0.15) is 46.5 Å². The molecule has 0 amide bonds. The largest absolute Gasteiger partial charge is 0.465 e. The van der Waals surface area contributed by atoms with Crippen LogP contribution in [0, 0.1) is 35.5 Å². The van der Waals surface area contributed by atoms with Gasteiger partial charge in [-0.1, -0.05) is 13.8 Å².